The summed E-state index contributed by atoms with van der Waals surface area (Å²) < 4.78 is 1.76. The van der Waals surface area contributed by atoms with Gasteiger partial charge in [-0.3, -0.25) is 4.57 Å². The molecule has 0 radical (unpaired) electrons. The van der Waals surface area contributed by atoms with Crippen LogP contribution in [0.4, 0.5) is 5.95 Å². The molecule has 0 amide bonds. The fourth-order valence-electron chi connectivity index (χ4n) is 1.44. The van der Waals surface area contributed by atoms with Crippen LogP contribution in [0, 0.1) is 0 Å². The maximum atomic E-state index is 4.38. The molecule has 6 heteroatoms. The van der Waals surface area contributed by atoms with Gasteiger partial charge >= 0.3 is 0 Å². The molecule has 2 aromatic rings. The second kappa shape index (κ2) is 4.69. The van der Waals surface area contributed by atoms with E-state index in [9.17, 15) is 0 Å². The molecule has 0 saturated carbocycles. The summed E-state index contributed by atoms with van der Waals surface area (Å²) in [5, 5.41) is 0. The fraction of sp³-hybridized carbons (Fsp3) is 0.400. The van der Waals surface area contributed by atoms with Gasteiger partial charge in [-0.1, -0.05) is 0 Å². The normalized spacial score (nSPS) is 10.4. The van der Waals surface area contributed by atoms with E-state index in [0.717, 1.165) is 13.1 Å². The Hall–Kier alpha value is -1.98. The zero-order valence-corrected chi connectivity index (χ0v) is 9.41. The van der Waals surface area contributed by atoms with Crippen LogP contribution in [0.25, 0.3) is 5.95 Å². The zero-order valence-electron chi connectivity index (χ0n) is 9.41. The van der Waals surface area contributed by atoms with E-state index in [1.165, 1.54) is 6.33 Å². The maximum Gasteiger partial charge on any atom is 0.239 e. The van der Waals surface area contributed by atoms with Crippen molar-refractivity contribution in [2.75, 3.05) is 18.0 Å². The monoisotopic (exact) mass is 218 g/mol. The lowest BCUT2D eigenvalue weighted by molar-refractivity contribution is 0.793. The maximum absolute atomic E-state index is 4.38. The lowest BCUT2D eigenvalue weighted by atomic mass is 10.5. The number of hydrogen-bond donors (Lipinski definition) is 0. The highest BCUT2D eigenvalue weighted by molar-refractivity contribution is 5.30. The first-order valence-corrected chi connectivity index (χ1v) is 5.27. The van der Waals surface area contributed by atoms with Gasteiger partial charge < -0.3 is 4.90 Å². The largest absolute Gasteiger partial charge is 0.341 e. The van der Waals surface area contributed by atoms with Crippen LogP contribution in [0.1, 0.15) is 13.8 Å². The predicted molar refractivity (Wildman–Crippen MR) is 60.5 cm³/mol. The Morgan fingerprint density at radius 3 is 2.69 bits per heavy atom. The van der Waals surface area contributed by atoms with Crippen LogP contribution >= 0.6 is 0 Å². The van der Waals surface area contributed by atoms with Crippen LogP contribution in [0.15, 0.2) is 25.0 Å². The van der Waals surface area contributed by atoms with Crippen LogP contribution < -0.4 is 4.90 Å². The topological polar surface area (TPSA) is 59.7 Å². The van der Waals surface area contributed by atoms with Gasteiger partial charge in [0.05, 0.1) is 0 Å². The molecule has 0 N–H and O–H groups in total. The molecule has 2 heterocycles. The molecule has 0 fully saturated rings. The molecule has 0 aliphatic heterocycles. The minimum absolute atomic E-state index is 0.592. The summed E-state index contributed by atoms with van der Waals surface area (Å²) in [7, 11) is 0. The van der Waals surface area contributed by atoms with Crippen molar-refractivity contribution < 1.29 is 0 Å². The quantitative estimate of drug-likeness (QED) is 0.763. The van der Waals surface area contributed by atoms with E-state index in [2.05, 4.69) is 38.7 Å². The van der Waals surface area contributed by atoms with Crippen molar-refractivity contribution in [2.24, 2.45) is 0 Å². The molecule has 6 nitrogen and oxygen atoms in total. The smallest absolute Gasteiger partial charge is 0.239 e. The van der Waals surface area contributed by atoms with Crippen LogP contribution in [0.5, 0.6) is 0 Å². The van der Waals surface area contributed by atoms with Crippen LogP contribution in [0.3, 0.4) is 0 Å². The summed E-state index contributed by atoms with van der Waals surface area (Å²) >= 11 is 0. The molecule has 0 aliphatic carbocycles. The van der Waals surface area contributed by atoms with Crippen LogP contribution in [0.2, 0.25) is 0 Å². The summed E-state index contributed by atoms with van der Waals surface area (Å²) in [4.78, 5) is 18.7. The van der Waals surface area contributed by atoms with Crippen molar-refractivity contribution >= 4 is 5.95 Å². The van der Waals surface area contributed by atoms with Gasteiger partial charge in [0.2, 0.25) is 11.9 Å². The zero-order chi connectivity index (χ0) is 11.4. The molecular formula is C10H14N6. The van der Waals surface area contributed by atoms with E-state index in [4.69, 9.17) is 0 Å². The third-order valence-electron chi connectivity index (χ3n) is 2.33. The van der Waals surface area contributed by atoms with Gasteiger partial charge in [0.1, 0.15) is 12.7 Å². The van der Waals surface area contributed by atoms with Gasteiger partial charge in [-0.15, -0.1) is 0 Å². The molecule has 0 aliphatic rings. The van der Waals surface area contributed by atoms with Crippen LogP contribution in [-0.2, 0) is 0 Å². The molecular weight excluding hydrogens is 204 g/mol. The molecule has 16 heavy (non-hydrogen) atoms. The van der Waals surface area contributed by atoms with E-state index in [0.29, 0.717) is 11.9 Å². The summed E-state index contributed by atoms with van der Waals surface area (Å²) in [6.07, 6.45) is 6.69. The molecule has 0 spiro atoms. The molecule has 2 aromatic heterocycles. The highest BCUT2D eigenvalue weighted by Crippen LogP contribution is 2.07. The SMILES string of the molecule is CCN(CC)c1ncnc(-n2ccnc2)n1. The van der Waals surface area contributed by atoms with Crippen molar-refractivity contribution in [1.82, 2.24) is 24.5 Å². The number of rotatable bonds is 4. The molecule has 0 bridgehead atoms. The Kier molecular flexibility index (Phi) is 3.09. The third kappa shape index (κ3) is 2.00. The van der Waals surface area contributed by atoms with Crippen molar-refractivity contribution in [3.8, 4) is 5.95 Å². The summed E-state index contributed by atoms with van der Waals surface area (Å²) in [6, 6.07) is 0. The third-order valence-corrected chi connectivity index (χ3v) is 2.33. The van der Waals surface area contributed by atoms with E-state index >= 15 is 0 Å². The van der Waals surface area contributed by atoms with Crippen LogP contribution in [-0.4, -0.2) is 37.6 Å². The molecule has 84 valence electrons. The average molecular weight is 218 g/mol. The minimum Gasteiger partial charge on any atom is -0.341 e. The van der Waals surface area contributed by atoms with E-state index in [1.807, 2.05) is 0 Å². The lowest BCUT2D eigenvalue weighted by Crippen LogP contribution is -2.24. The first-order chi connectivity index (χ1) is 7.85. The highest BCUT2D eigenvalue weighted by Gasteiger charge is 2.07. The first kappa shape index (κ1) is 10.5. The number of aromatic nitrogens is 5. The van der Waals surface area contributed by atoms with E-state index in [-0.39, 0.29) is 0 Å². The molecule has 0 aromatic carbocycles. The second-order valence-corrected chi connectivity index (χ2v) is 3.23. The minimum atomic E-state index is 0.592. The molecule has 0 unspecified atom stereocenters. The summed E-state index contributed by atoms with van der Waals surface area (Å²) in [6.45, 7) is 5.90. The van der Waals surface area contributed by atoms with Crippen molar-refractivity contribution in [3.63, 3.8) is 0 Å². The van der Waals surface area contributed by atoms with Gasteiger partial charge in [0.15, 0.2) is 0 Å². The van der Waals surface area contributed by atoms with Crippen molar-refractivity contribution in [3.05, 3.63) is 25.0 Å². The van der Waals surface area contributed by atoms with Crippen molar-refractivity contribution in [1.29, 1.82) is 0 Å². The summed E-state index contributed by atoms with van der Waals surface area (Å²) in [5.74, 6) is 1.29. The predicted octanol–water partition coefficient (Wildman–Crippen LogP) is 0.903. The van der Waals surface area contributed by atoms with Gasteiger partial charge in [-0.2, -0.15) is 4.98 Å². The average Bonchev–Trinajstić information content (AvgIpc) is 2.85. The highest BCUT2D eigenvalue weighted by atomic mass is 15.3. The number of imidazole rings is 1. The fourth-order valence-corrected chi connectivity index (χ4v) is 1.44. The Balaban J connectivity index is 2.33. The molecule has 2 rings (SSSR count). The summed E-state index contributed by atoms with van der Waals surface area (Å²) in [5.41, 5.74) is 0. The lowest BCUT2D eigenvalue weighted by Gasteiger charge is -2.18. The Morgan fingerprint density at radius 2 is 2.06 bits per heavy atom. The number of hydrogen-bond acceptors (Lipinski definition) is 5. The molecule has 0 atom stereocenters. The molecule has 0 saturated heterocycles. The van der Waals surface area contributed by atoms with Crippen molar-refractivity contribution in [2.45, 2.75) is 13.8 Å². The van der Waals surface area contributed by atoms with Gasteiger partial charge in [0, 0.05) is 25.5 Å². The first-order valence-electron chi connectivity index (χ1n) is 5.27. The number of anilines is 1. The van der Waals surface area contributed by atoms with Gasteiger partial charge in [-0.25, -0.2) is 15.0 Å². The Bertz CT molecular complexity index is 434. The van der Waals surface area contributed by atoms with E-state index < -0.39 is 0 Å². The number of nitrogens with zero attached hydrogens (tertiary/aromatic N) is 6. The second-order valence-electron chi connectivity index (χ2n) is 3.23. The van der Waals surface area contributed by atoms with Gasteiger partial charge in [0.25, 0.3) is 0 Å². The Labute approximate surface area is 94.0 Å². The standard InChI is InChI=1S/C10H14N6/c1-3-15(4-2)9-12-7-13-10(14-9)16-6-5-11-8-16/h5-8H,3-4H2,1-2H3. The Morgan fingerprint density at radius 1 is 1.25 bits per heavy atom. The van der Waals surface area contributed by atoms with Gasteiger partial charge in [-0.05, 0) is 13.8 Å². The van der Waals surface area contributed by atoms with E-state index in [1.54, 1.807) is 23.3 Å².